The van der Waals surface area contributed by atoms with E-state index in [4.69, 9.17) is 0 Å². The Hall–Kier alpha value is -4.07. The minimum Gasteiger partial charge on any atom is -0.340 e. The molecule has 6 rings (SSSR count). The van der Waals surface area contributed by atoms with Crippen LogP contribution in [-0.2, 0) is 32.8 Å². The minimum absolute atomic E-state index is 0.0445. The van der Waals surface area contributed by atoms with Crippen molar-refractivity contribution in [1.82, 2.24) is 14.7 Å². The van der Waals surface area contributed by atoms with E-state index in [1.165, 1.54) is 25.8 Å². The van der Waals surface area contributed by atoms with Crippen LogP contribution in [0.3, 0.4) is 0 Å². The number of alkyl halides is 6. The van der Waals surface area contributed by atoms with Gasteiger partial charge >= 0.3 is 18.4 Å². The van der Waals surface area contributed by atoms with Gasteiger partial charge in [-0.15, -0.1) is 0 Å². The van der Waals surface area contributed by atoms with Gasteiger partial charge in [-0.2, -0.15) is 26.3 Å². The average molecular weight is 780 g/mol. The molecule has 1 N–H and O–H groups in total. The first-order valence-electron chi connectivity index (χ1n) is 16.6. The Kier molecular flexibility index (Phi) is 9.47. The highest BCUT2D eigenvalue weighted by Crippen LogP contribution is 2.46. The van der Waals surface area contributed by atoms with Gasteiger partial charge in [0.15, 0.2) is 0 Å². The number of anilines is 1. The van der Waals surface area contributed by atoms with E-state index in [1.807, 2.05) is 48.5 Å². The first-order chi connectivity index (χ1) is 23.8. The molecule has 1 spiro atoms. The highest BCUT2D eigenvalue weighted by Gasteiger charge is 2.48. The number of benzene rings is 3. The molecule has 51 heavy (non-hydrogen) atoms. The van der Waals surface area contributed by atoms with Gasteiger partial charge in [0, 0.05) is 61.1 Å². The summed E-state index contributed by atoms with van der Waals surface area (Å²) < 4.78 is 83.2. The number of carbonyl (C=O) groups excluding carboxylic acids is 3. The van der Waals surface area contributed by atoms with Crippen molar-refractivity contribution in [3.8, 4) is 0 Å². The Morgan fingerprint density at radius 3 is 2.02 bits per heavy atom. The lowest BCUT2D eigenvalue weighted by Crippen LogP contribution is -2.52. The summed E-state index contributed by atoms with van der Waals surface area (Å²) in [5.41, 5.74) is -3.00. The number of rotatable bonds is 4. The number of nitrogens with zero attached hydrogens (tertiary/aromatic N) is 3. The van der Waals surface area contributed by atoms with Crippen LogP contribution in [0.2, 0.25) is 0 Å². The summed E-state index contributed by atoms with van der Waals surface area (Å²) in [6, 6.07) is 15.3. The summed E-state index contributed by atoms with van der Waals surface area (Å²) in [5, 5.41) is 2.94. The predicted octanol–water partition coefficient (Wildman–Crippen LogP) is 8.19. The van der Waals surface area contributed by atoms with Gasteiger partial charge in [0.2, 0.25) is 11.8 Å². The van der Waals surface area contributed by atoms with Gasteiger partial charge < -0.3 is 20.0 Å². The van der Waals surface area contributed by atoms with Crippen LogP contribution in [0.1, 0.15) is 66.8 Å². The zero-order valence-electron chi connectivity index (χ0n) is 28.2. The number of hydrogen-bond donors (Lipinski definition) is 1. The third-order valence-electron chi connectivity index (χ3n) is 10.8. The van der Waals surface area contributed by atoms with E-state index in [-0.39, 0.29) is 37.0 Å². The predicted molar refractivity (Wildman–Crippen MR) is 182 cm³/mol. The molecule has 3 aromatic rings. The smallest absolute Gasteiger partial charge is 0.340 e. The quantitative estimate of drug-likeness (QED) is 0.272. The second-order valence-electron chi connectivity index (χ2n) is 14.3. The molecule has 2 fully saturated rings. The van der Waals surface area contributed by atoms with Crippen LogP contribution in [0.15, 0.2) is 71.2 Å². The molecule has 0 aromatic heterocycles. The molecule has 0 aliphatic carbocycles. The molecule has 0 unspecified atom stereocenters. The zero-order valence-corrected chi connectivity index (χ0v) is 29.8. The Labute approximate surface area is 300 Å². The normalized spacial score (nSPS) is 20.6. The summed E-state index contributed by atoms with van der Waals surface area (Å²) in [6.45, 7) is 3.76. The molecular formula is C37H37BrF6N4O3. The van der Waals surface area contributed by atoms with Gasteiger partial charge in [-0.3, -0.25) is 9.59 Å². The van der Waals surface area contributed by atoms with E-state index in [1.54, 1.807) is 9.80 Å². The summed E-state index contributed by atoms with van der Waals surface area (Å²) in [4.78, 5) is 45.7. The van der Waals surface area contributed by atoms with E-state index >= 15 is 0 Å². The van der Waals surface area contributed by atoms with Crippen molar-refractivity contribution in [2.75, 3.05) is 38.5 Å². The second-order valence-corrected chi connectivity index (χ2v) is 15.2. The molecule has 3 aromatic carbocycles. The molecule has 2 atom stereocenters. The summed E-state index contributed by atoms with van der Waals surface area (Å²) >= 11 is 3.53. The number of nitrogens with one attached hydrogen (secondary N) is 1. The Morgan fingerprint density at radius 2 is 1.43 bits per heavy atom. The van der Waals surface area contributed by atoms with Crippen LogP contribution in [0, 0.1) is 0 Å². The second kappa shape index (κ2) is 13.2. The molecule has 3 aliphatic rings. The van der Waals surface area contributed by atoms with Crippen molar-refractivity contribution >= 4 is 39.5 Å². The maximum absolute atomic E-state index is 14.2. The van der Waals surface area contributed by atoms with E-state index in [0.717, 1.165) is 21.3 Å². The lowest BCUT2D eigenvalue weighted by atomic mass is 9.68. The van der Waals surface area contributed by atoms with Crippen LogP contribution < -0.4 is 5.32 Å². The number of carbonyl (C=O) groups is 3. The van der Waals surface area contributed by atoms with E-state index < -0.39 is 51.8 Å². The monoisotopic (exact) mass is 778 g/mol. The highest BCUT2D eigenvalue weighted by atomic mass is 79.9. The first-order valence-corrected chi connectivity index (χ1v) is 17.4. The van der Waals surface area contributed by atoms with E-state index in [2.05, 4.69) is 21.2 Å². The van der Waals surface area contributed by atoms with Gasteiger partial charge in [0.1, 0.15) is 0 Å². The van der Waals surface area contributed by atoms with E-state index in [0.29, 0.717) is 44.5 Å². The highest BCUT2D eigenvalue weighted by molar-refractivity contribution is 9.10. The van der Waals surface area contributed by atoms with Gasteiger partial charge in [-0.1, -0.05) is 46.3 Å². The van der Waals surface area contributed by atoms with Crippen LogP contribution in [0.25, 0.3) is 0 Å². The van der Waals surface area contributed by atoms with Crippen molar-refractivity contribution in [2.24, 2.45) is 0 Å². The topological polar surface area (TPSA) is 73.0 Å². The maximum Gasteiger partial charge on any atom is 0.416 e. The van der Waals surface area contributed by atoms with Gasteiger partial charge in [0.05, 0.1) is 22.6 Å². The largest absolute Gasteiger partial charge is 0.416 e. The number of halogens is 7. The fourth-order valence-corrected chi connectivity index (χ4v) is 8.19. The average Bonchev–Trinajstić information content (AvgIpc) is 3.53. The number of piperidine rings is 1. The Bertz CT molecular complexity index is 1810. The number of hydrogen-bond acceptors (Lipinski definition) is 3. The third kappa shape index (κ3) is 7.07. The summed E-state index contributed by atoms with van der Waals surface area (Å²) in [6.07, 6.45) is -8.69. The number of likely N-dealkylation sites (N-methyl/N-ethyl adjacent to an activating group) is 1. The fourth-order valence-electron chi connectivity index (χ4n) is 7.83. The molecule has 0 bridgehead atoms. The molecule has 3 aliphatic heterocycles. The number of urea groups is 1. The molecule has 3 heterocycles. The molecule has 2 saturated heterocycles. The molecular weight excluding hydrogens is 742 g/mol. The summed E-state index contributed by atoms with van der Waals surface area (Å²) in [7, 11) is 1.48. The molecule has 7 nitrogen and oxygen atoms in total. The van der Waals surface area contributed by atoms with Crippen molar-refractivity contribution in [3.05, 3.63) is 99.0 Å². The molecule has 14 heteroatoms. The zero-order chi connectivity index (χ0) is 37.1. The third-order valence-corrected chi connectivity index (χ3v) is 11.3. The molecule has 0 radical (unpaired) electrons. The molecule has 4 amide bonds. The van der Waals surface area contributed by atoms with Crippen molar-refractivity contribution < 1.29 is 40.7 Å². The van der Waals surface area contributed by atoms with Crippen LogP contribution in [-0.4, -0.2) is 71.8 Å². The van der Waals surface area contributed by atoms with Crippen LogP contribution in [0.4, 0.5) is 36.8 Å². The van der Waals surface area contributed by atoms with Crippen LogP contribution in [0.5, 0.6) is 0 Å². The lowest BCUT2D eigenvalue weighted by molar-refractivity contribution is -0.144. The number of likely N-dealkylation sites (tertiary alicyclic amines) is 2. The maximum atomic E-state index is 14.2. The Morgan fingerprint density at radius 1 is 0.843 bits per heavy atom. The van der Waals surface area contributed by atoms with Gasteiger partial charge in [0.25, 0.3) is 0 Å². The fraction of sp³-hybridized carbons (Fsp3) is 0.432. The van der Waals surface area contributed by atoms with Crippen molar-refractivity contribution in [1.29, 1.82) is 0 Å². The summed E-state index contributed by atoms with van der Waals surface area (Å²) in [5.74, 6) is -1.14. The van der Waals surface area contributed by atoms with Gasteiger partial charge in [-0.25, -0.2) is 4.79 Å². The Balaban J connectivity index is 1.24. The number of amides is 4. The van der Waals surface area contributed by atoms with Crippen molar-refractivity contribution in [3.63, 3.8) is 0 Å². The standard InChI is InChI=1S/C37H37BrF6N4O3/c1-34(2,23-15-24(36(39,40)41)17-25(16-23)37(42,43)44)32(50)46(3)30-21-48(20-27(30)22-7-5-4-6-8-22)33(51)47-13-11-35(12-14-47)19-31(49)45-29-10-9-26(38)18-28(29)35/h4-10,15-18,27,30H,11-14,19-21H2,1-3H3,(H,45,49)/t27-,30+/m0/s1. The number of fused-ring (bicyclic) bond motifs is 2. The first kappa shape index (κ1) is 36.7. The molecule has 272 valence electrons. The van der Waals surface area contributed by atoms with E-state index in [9.17, 15) is 40.7 Å². The lowest BCUT2D eigenvalue weighted by Gasteiger charge is -2.45. The van der Waals surface area contributed by atoms with Crippen molar-refractivity contribution in [2.45, 2.75) is 68.3 Å². The van der Waals surface area contributed by atoms with Crippen LogP contribution >= 0.6 is 15.9 Å². The minimum atomic E-state index is -5.07. The van der Waals surface area contributed by atoms with Gasteiger partial charge in [-0.05, 0) is 79.8 Å². The SMILES string of the molecule is CN(C(=O)C(C)(C)c1cc(C(F)(F)F)cc(C(F)(F)F)c1)[C@@H]1CN(C(=O)N2CCC3(CC2)CC(=O)Nc2ccc(Br)cc23)C[C@H]1c1ccccc1. The molecule has 0 saturated carbocycles.